The van der Waals surface area contributed by atoms with E-state index >= 15 is 0 Å². The summed E-state index contributed by atoms with van der Waals surface area (Å²) in [4.78, 5) is 13.9. The molecule has 3 heterocycles. The van der Waals surface area contributed by atoms with E-state index in [1.165, 1.54) is 6.92 Å². The average Bonchev–Trinajstić information content (AvgIpc) is 3.46. The molecule has 1 amide bonds. The molecule has 0 aromatic rings. The number of hydrogen-bond acceptors (Lipinski definition) is 18. The average molecular weight is 803 g/mol. The highest BCUT2D eigenvalue weighted by atomic mass is 28.5. The van der Waals surface area contributed by atoms with Crippen LogP contribution in [0.4, 0.5) is 0 Å². The first-order chi connectivity index (χ1) is 24.1. The molecule has 22 heteroatoms. The Labute approximate surface area is 308 Å². The van der Waals surface area contributed by atoms with Crippen LogP contribution in [-0.2, 0) is 32.0 Å². The highest BCUT2D eigenvalue weighted by molar-refractivity contribution is 6.87. The maximum atomic E-state index is 12.8. The minimum Gasteiger partial charge on any atom is -0.437 e. The van der Waals surface area contributed by atoms with Crippen LogP contribution in [0.15, 0.2) is 10.3 Å². The van der Waals surface area contributed by atoms with Gasteiger partial charge in [-0.1, -0.05) is 5.22 Å². The van der Waals surface area contributed by atoms with E-state index in [2.05, 4.69) is 56.2 Å². The fraction of sp³-hybridized carbons (Fsp3) is 0.967. The van der Waals surface area contributed by atoms with E-state index in [-0.39, 0.29) is 26.2 Å². The van der Waals surface area contributed by atoms with Crippen molar-refractivity contribution in [2.24, 2.45) is 10.3 Å². The lowest BCUT2D eigenvalue weighted by Gasteiger charge is -2.48. The number of carbonyl (C=O) groups excluding carboxylic acids is 1. The molecule has 2 fully saturated rings. The van der Waals surface area contributed by atoms with Crippen LogP contribution in [0.25, 0.3) is 0 Å². The zero-order chi connectivity index (χ0) is 39.2. The number of carbonyl (C=O) groups is 1. The van der Waals surface area contributed by atoms with Gasteiger partial charge in [-0.2, -0.15) is 5.11 Å². The molecular weight excluding hydrogens is 741 g/mol. The molecule has 0 aliphatic carbocycles. The van der Waals surface area contributed by atoms with Crippen LogP contribution in [0, 0.1) is 0 Å². The Morgan fingerprint density at radius 2 is 1.50 bits per heavy atom. The van der Waals surface area contributed by atoms with E-state index in [1.807, 2.05) is 0 Å². The van der Waals surface area contributed by atoms with Crippen LogP contribution in [0.3, 0.4) is 0 Å². The Bertz CT molecular complexity index is 1130. The number of ether oxygens (including phenoxy) is 4. The first-order valence-electron chi connectivity index (χ1n) is 17.8. The summed E-state index contributed by atoms with van der Waals surface area (Å²) in [6, 6.07) is 0.203. The predicted octanol–water partition coefficient (Wildman–Crippen LogP) is -1.95. The number of aliphatic hydroxyl groups excluding tert-OH is 8. The Hall–Kier alpha value is -1.04. The smallest absolute Gasteiger partial charge is 0.314 e. The van der Waals surface area contributed by atoms with Crippen LogP contribution in [-0.4, -0.2) is 201 Å². The molecule has 304 valence electrons. The lowest BCUT2D eigenvalue weighted by Crippen LogP contribution is -2.67. The molecule has 0 aromatic heterocycles. The minimum absolute atomic E-state index is 0.0766. The van der Waals surface area contributed by atoms with E-state index in [9.17, 15) is 45.6 Å². The van der Waals surface area contributed by atoms with E-state index in [4.69, 9.17) is 27.2 Å². The Kier molecular flexibility index (Phi) is 16.8. The van der Waals surface area contributed by atoms with Crippen molar-refractivity contribution in [3.63, 3.8) is 0 Å². The number of nitrogens with zero attached hydrogens (tertiary/aromatic N) is 4. The van der Waals surface area contributed by atoms with Crippen molar-refractivity contribution >= 4 is 31.1 Å². The van der Waals surface area contributed by atoms with Crippen molar-refractivity contribution in [2.75, 3.05) is 46.1 Å². The van der Waals surface area contributed by atoms with Gasteiger partial charge in [0.25, 0.3) is 0 Å². The predicted molar refractivity (Wildman–Crippen MR) is 191 cm³/mol. The fourth-order valence-electron chi connectivity index (χ4n) is 6.56. The largest absolute Gasteiger partial charge is 0.437 e. The Morgan fingerprint density at radius 3 is 2.06 bits per heavy atom. The van der Waals surface area contributed by atoms with Crippen molar-refractivity contribution in [1.82, 2.24) is 9.91 Å². The van der Waals surface area contributed by atoms with Crippen molar-refractivity contribution in [3.8, 4) is 0 Å². The maximum absolute atomic E-state index is 12.8. The SMILES string of the molecule is CC(=O)N(CC1CN(CC(O)COCCC[Si](C)(O[Si](C)(C)C)O[Si](C)(C)C)N=N1)[C@@H]1O[C@@H](CO)[C@@H](O[C@@H]2OC(CO)[C@@H](O)[C@H](O)C2O)C(O)C1O. The molecule has 52 heavy (non-hydrogen) atoms. The molecule has 19 nitrogen and oxygen atoms in total. The zero-order valence-electron chi connectivity index (χ0n) is 31.5. The summed E-state index contributed by atoms with van der Waals surface area (Å²) in [5, 5.41) is 92.6. The minimum atomic E-state index is -2.38. The van der Waals surface area contributed by atoms with Gasteiger partial charge >= 0.3 is 8.56 Å². The van der Waals surface area contributed by atoms with Crippen LogP contribution < -0.4 is 0 Å². The van der Waals surface area contributed by atoms with Crippen LogP contribution in [0.2, 0.25) is 51.9 Å². The van der Waals surface area contributed by atoms with Gasteiger partial charge in [0.1, 0.15) is 54.9 Å². The molecule has 0 bridgehead atoms. The van der Waals surface area contributed by atoms with Gasteiger partial charge in [0.15, 0.2) is 29.2 Å². The molecule has 0 saturated carbocycles. The Morgan fingerprint density at radius 1 is 0.885 bits per heavy atom. The molecule has 3 rings (SSSR count). The number of β-amino-alcohol motifs (C(OH)–C–C–N with tert-alkyl or cyclic N) is 1. The lowest BCUT2D eigenvalue weighted by molar-refractivity contribution is -0.347. The quantitative estimate of drug-likeness (QED) is 0.0521. The molecule has 0 aromatic carbocycles. The summed E-state index contributed by atoms with van der Waals surface area (Å²) < 4.78 is 35.6. The van der Waals surface area contributed by atoms with Crippen molar-refractivity contribution < 1.29 is 72.8 Å². The van der Waals surface area contributed by atoms with Gasteiger partial charge in [-0.25, -0.2) is 0 Å². The van der Waals surface area contributed by atoms with Gasteiger partial charge in [0, 0.05) is 20.1 Å². The summed E-state index contributed by atoms with van der Waals surface area (Å²) in [6.07, 6.45) is -16.2. The molecule has 0 spiro atoms. The van der Waals surface area contributed by atoms with Gasteiger partial charge in [-0.3, -0.25) is 9.80 Å². The Balaban J connectivity index is 1.50. The van der Waals surface area contributed by atoms with Gasteiger partial charge in [-0.15, -0.1) is 0 Å². The second-order valence-electron chi connectivity index (χ2n) is 15.8. The summed E-state index contributed by atoms with van der Waals surface area (Å²) in [7, 11) is -6.00. The van der Waals surface area contributed by atoms with E-state index in [0.29, 0.717) is 6.61 Å². The lowest BCUT2D eigenvalue weighted by atomic mass is 9.96. The third-order valence-electron chi connectivity index (χ3n) is 8.56. The van der Waals surface area contributed by atoms with E-state index in [1.54, 1.807) is 5.01 Å². The summed E-state index contributed by atoms with van der Waals surface area (Å²) >= 11 is 0. The van der Waals surface area contributed by atoms with Crippen LogP contribution >= 0.6 is 0 Å². The summed E-state index contributed by atoms with van der Waals surface area (Å²) in [5.41, 5.74) is 0. The monoisotopic (exact) mass is 802 g/mol. The second-order valence-corrected chi connectivity index (χ2v) is 28.7. The molecule has 3 aliphatic rings. The second kappa shape index (κ2) is 19.2. The first-order valence-corrected chi connectivity index (χ1v) is 27.1. The molecular formula is C30H62N4O15Si3. The normalized spacial score (nSPS) is 33.8. The summed E-state index contributed by atoms with van der Waals surface area (Å²) in [6.45, 7) is 15.6. The number of aliphatic hydroxyl groups is 8. The summed E-state index contributed by atoms with van der Waals surface area (Å²) in [5.74, 6) is -0.534. The standard InChI is InChI=1S/C30H62N4O15Si3/c1-18(37)34(29-26(42)25(41)28(22(16-36)45-29)47-30-27(43)24(40)23(39)21(15-35)46-30)13-19-12-33(32-31-19)14-20(38)17-44-10-9-11-52(8,48-50(2,3)4)49-51(5,6)7/h19-30,35-36,38-43H,9-17H2,1-8H3/t19?,20?,21?,22-,23+,24-,25?,26?,27?,28+,29+,30-/m0/s1. The number of rotatable bonds is 19. The van der Waals surface area contributed by atoms with Crippen molar-refractivity contribution in [3.05, 3.63) is 0 Å². The number of amides is 1. The van der Waals surface area contributed by atoms with Crippen molar-refractivity contribution in [2.45, 2.75) is 139 Å². The van der Waals surface area contributed by atoms with Crippen LogP contribution in [0.1, 0.15) is 13.3 Å². The van der Waals surface area contributed by atoms with E-state index < -0.39 is 118 Å². The molecule has 2 saturated heterocycles. The van der Waals surface area contributed by atoms with Gasteiger partial charge in [0.05, 0.1) is 39.0 Å². The van der Waals surface area contributed by atoms with Gasteiger partial charge < -0.3 is 72.9 Å². The van der Waals surface area contributed by atoms with Crippen LogP contribution in [0.5, 0.6) is 0 Å². The number of hydrogen-bond donors (Lipinski definition) is 8. The molecule has 12 atom stereocenters. The van der Waals surface area contributed by atoms with Gasteiger partial charge in [-0.05, 0) is 58.3 Å². The van der Waals surface area contributed by atoms with Gasteiger partial charge in [0.2, 0.25) is 5.91 Å². The third-order valence-corrected chi connectivity index (χ3v) is 18.2. The molecule has 0 radical (unpaired) electrons. The molecule has 8 N–H and O–H groups in total. The fourth-order valence-corrected chi connectivity index (χ4v) is 19.1. The van der Waals surface area contributed by atoms with Crippen molar-refractivity contribution in [1.29, 1.82) is 0 Å². The topological polar surface area (TPSA) is 265 Å². The first kappa shape index (κ1) is 45.4. The molecule has 3 aliphatic heterocycles. The highest BCUT2D eigenvalue weighted by Crippen LogP contribution is 2.31. The van der Waals surface area contributed by atoms with E-state index in [0.717, 1.165) is 17.4 Å². The molecule has 6 unspecified atom stereocenters. The third kappa shape index (κ3) is 13.0. The highest BCUT2D eigenvalue weighted by Gasteiger charge is 2.52. The zero-order valence-corrected chi connectivity index (χ0v) is 34.5. The maximum Gasteiger partial charge on any atom is 0.314 e.